The maximum absolute atomic E-state index is 2.38. The summed E-state index contributed by atoms with van der Waals surface area (Å²) in [5, 5.41) is 0. The molecule has 0 nitrogen and oxygen atoms in total. The van der Waals surface area contributed by atoms with E-state index in [-0.39, 0.29) is 0 Å². The molecule has 0 aromatic carbocycles. The van der Waals surface area contributed by atoms with Gasteiger partial charge in [0.15, 0.2) is 0 Å². The summed E-state index contributed by atoms with van der Waals surface area (Å²) in [6.07, 6.45) is 15.6. The SMILES string of the molecule is CCCCCCCCCCCCc1cc(C)sc1C. The van der Waals surface area contributed by atoms with Crippen LogP contribution in [0, 0.1) is 13.8 Å². The largest absolute Gasteiger partial charge is 0.146 e. The Kier molecular flexibility index (Phi) is 9.24. The number of thiophene rings is 1. The van der Waals surface area contributed by atoms with Crippen LogP contribution in [0.15, 0.2) is 6.07 Å². The van der Waals surface area contributed by atoms with Crippen LogP contribution < -0.4 is 0 Å². The lowest BCUT2D eigenvalue weighted by atomic mass is 10.0. The van der Waals surface area contributed by atoms with E-state index < -0.39 is 0 Å². The molecule has 1 rings (SSSR count). The molecule has 0 radical (unpaired) electrons. The Bertz CT molecular complexity index is 324. The highest BCUT2D eigenvalue weighted by molar-refractivity contribution is 7.12. The van der Waals surface area contributed by atoms with Crippen molar-refractivity contribution in [2.24, 2.45) is 0 Å². The fraction of sp³-hybridized carbons (Fsp3) is 0.778. The Morgan fingerprint density at radius 3 is 1.79 bits per heavy atom. The average Bonchev–Trinajstić information content (AvgIpc) is 2.70. The van der Waals surface area contributed by atoms with Crippen LogP contribution in [0.3, 0.4) is 0 Å². The number of unbranched alkanes of at least 4 members (excludes halogenated alkanes) is 9. The lowest BCUT2D eigenvalue weighted by Crippen LogP contribution is -1.86. The van der Waals surface area contributed by atoms with Crippen molar-refractivity contribution in [2.75, 3.05) is 0 Å². The van der Waals surface area contributed by atoms with Crippen LogP contribution in [0.5, 0.6) is 0 Å². The number of rotatable bonds is 11. The third-order valence-electron chi connectivity index (χ3n) is 3.94. The summed E-state index contributed by atoms with van der Waals surface area (Å²) in [6, 6.07) is 2.38. The predicted molar refractivity (Wildman–Crippen MR) is 89.3 cm³/mol. The van der Waals surface area contributed by atoms with Gasteiger partial charge in [-0.05, 0) is 38.3 Å². The van der Waals surface area contributed by atoms with E-state index in [9.17, 15) is 0 Å². The quantitative estimate of drug-likeness (QED) is 0.390. The Hall–Kier alpha value is -0.300. The van der Waals surface area contributed by atoms with E-state index in [1.165, 1.54) is 80.4 Å². The van der Waals surface area contributed by atoms with Crippen LogP contribution in [0.4, 0.5) is 0 Å². The smallest absolute Gasteiger partial charge is 0.00490 e. The van der Waals surface area contributed by atoms with Gasteiger partial charge in [-0.25, -0.2) is 0 Å². The number of hydrogen-bond donors (Lipinski definition) is 0. The molecule has 110 valence electrons. The van der Waals surface area contributed by atoms with Gasteiger partial charge in [-0.1, -0.05) is 64.7 Å². The predicted octanol–water partition coefficient (Wildman–Crippen LogP) is 6.83. The first-order valence-electron chi connectivity index (χ1n) is 8.30. The molecule has 1 aromatic heterocycles. The minimum Gasteiger partial charge on any atom is -0.146 e. The molecule has 0 N–H and O–H groups in total. The summed E-state index contributed by atoms with van der Waals surface area (Å²) in [5.41, 5.74) is 1.60. The van der Waals surface area contributed by atoms with Crippen molar-refractivity contribution < 1.29 is 0 Å². The van der Waals surface area contributed by atoms with Gasteiger partial charge in [0, 0.05) is 9.75 Å². The highest BCUT2D eigenvalue weighted by Crippen LogP contribution is 2.22. The first kappa shape index (κ1) is 16.8. The van der Waals surface area contributed by atoms with Gasteiger partial charge in [0.25, 0.3) is 0 Å². The number of aryl methyl sites for hydroxylation is 3. The molecule has 19 heavy (non-hydrogen) atoms. The first-order valence-corrected chi connectivity index (χ1v) is 9.11. The van der Waals surface area contributed by atoms with E-state index >= 15 is 0 Å². The van der Waals surface area contributed by atoms with Crippen LogP contribution >= 0.6 is 11.3 Å². The fourth-order valence-electron chi connectivity index (χ4n) is 2.73. The molecule has 1 heterocycles. The molecule has 0 amide bonds. The summed E-state index contributed by atoms with van der Waals surface area (Å²) in [7, 11) is 0. The third-order valence-corrected chi connectivity index (χ3v) is 4.95. The van der Waals surface area contributed by atoms with E-state index in [0.29, 0.717) is 0 Å². The molecule has 0 saturated carbocycles. The van der Waals surface area contributed by atoms with Crippen LogP contribution in [-0.2, 0) is 6.42 Å². The average molecular weight is 281 g/mol. The Labute approximate surface area is 124 Å². The molecule has 0 saturated heterocycles. The van der Waals surface area contributed by atoms with E-state index in [2.05, 4.69) is 26.8 Å². The van der Waals surface area contributed by atoms with Gasteiger partial charge in [-0.3, -0.25) is 0 Å². The van der Waals surface area contributed by atoms with Crippen molar-refractivity contribution in [1.29, 1.82) is 0 Å². The molecule has 1 aromatic rings. The standard InChI is InChI=1S/C18H32S/c1-4-5-6-7-8-9-10-11-12-13-14-18-15-16(2)19-17(18)3/h15H,4-14H2,1-3H3. The molecule has 0 aliphatic heterocycles. The van der Waals surface area contributed by atoms with E-state index in [4.69, 9.17) is 0 Å². The van der Waals surface area contributed by atoms with Gasteiger partial charge >= 0.3 is 0 Å². The summed E-state index contributed by atoms with van der Waals surface area (Å²) in [6.45, 7) is 6.78. The molecule has 0 spiro atoms. The van der Waals surface area contributed by atoms with Crippen molar-refractivity contribution in [1.82, 2.24) is 0 Å². The molecule has 0 unspecified atom stereocenters. The summed E-state index contributed by atoms with van der Waals surface area (Å²) in [5.74, 6) is 0. The molecule has 0 aliphatic carbocycles. The first-order chi connectivity index (χ1) is 9.24. The fourth-order valence-corrected chi connectivity index (χ4v) is 3.71. The third kappa shape index (κ3) is 7.77. The van der Waals surface area contributed by atoms with Crippen molar-refractivity contribution in [3.63, 3.8) is 0 Å². The zero-order chi connectivity index (χ0) is 13.9. The summed E-state index contributed by atoms with van der Waals surface area (Å²) in [4.78, 5) is 3.01. The Balaban J connectivity index is 1.90. The van der Waals surface area contributed by atoms with Gasteiger partial charge in [0.2, 0.25) is 0 Å². The highest BCUT2D eigenvalue weighted by atomic mass is 32.1. The maximum Gasteiger partial charge on any atom is 0.00490 e. The lowest BCUT2D eigenvalue weighted by Gasteiger charge is -2.02. The number of hydrogen-bond acceptors (Lipinski definition) is 1. The molecule has 0 atom stereocenters. The highest BCUT2D eigenvalue weighted by Gasteiger charge is 2.02. The van der Waals surface area contributed by atoms with Crippen LogP contribution in [0.1, 0.15) is 86.4 Å². The normalized spacial score (nSPS) is 11.1. The molecule has 0 fully saturated rings. The van der Waals surface area contributed by atoms with Crippen molar-refractivity contribution in [3.8, 4) is 0 Å². The van der Waals surface area contributed by atoms with Crippen molar-refractivity contribution >= 4 is 11.3 Å². The van der Waals surface area contributed by atoms with Gasteiger partial charge in [0.05, 0.1) is 0 Å². The minimum atomic E-state index is 1.30. The molecule has 1 heteroatoms. The topological polar surface area (TPSA) is 0 Å². The maximum atomic E-state index is 2.38. The summed E-state index contributed by atoms with van der Waals surface area (Å²) >= 11 is 1.95. The Morgan fingerprint density at radius 2 is 1.32 bits per heavy atom. The molecular formula is C18H32S. The lowest BCUT2D eigenvalue weighted by molar-refractivity contribution is 0.556. The van der Waals surface area contributed by atoms with E-state index in [0.717, 1.165) is 0 Å². The van der Waals surface area contributed by atoms with Gasteiger partial charge in [0.1, 0.15) is 0 Å². The van der Waals surface area contributed by atoms with Gasteiger partial charge in [-0.15, -0.1) is 11.3 Å². The van der Waals surface area contributed by atoms with Crippen LogP contribution in [-0.4, -0.2) is 0 Å². The molecular weight excluding hydrogens is 248 g/mol. The second-order valence-corrected chi connectivity index (χ2v) is 7.33. The van der Waals surface area contributed by atoms with Crippen LogP contribution in [0.2, 0.25) is 0 Å². The van der Waals surface area contributed by atoms with Gasteiger partial charge in [-0.2, -0.15) is 0 Å². The van der Waals surface area contributed by atoms with Crippen LogP contribution in [0.25, 0.3) is 0 Å². The molecule has 0 aliphatic rings. The zero-order valence-electron chi connectivity index (χ0n) is 13.3. The zero-order valence-corrected chi connectivity index (χ0v) is 14.1. The van der Waals surface area contributed by atoms with Crippen molar-refractivity contribution in [3.05, 3.63) is 21.4 Å². The van der Waals surface area contributed by atoms with E-state index in [1.807, 2.05) is 11.3 Å². The van der Waals surface area contributed by atoms with Gasteiger partial charge < -0.3 is 0 Å². The summed E-state index contributed by atoms with van der Waals surface area (Å²) < 4.78 is 0. The Morgan fingerprint density at radius 1 is 0.789 bits per heavy atom. The second kappa shape index (κ2) is 10.5. The minimum absolute atomic E-state index is 1.30. The molecule has 0 bridgehead atoms. The second-order valence-electron chi connectivity index (χ2n) is 5.87. The van der Waals surface area contributed by atoms with Crippen molar-refractivity contribution in [2.45, 2.75) is 91.4 Å². The van der Waals surface area contributed by atoms with E-state index in [1.54, 1.807) is 5.56 Å². The monoisotopic (exact) mass is 280 g/mol.